The van der Waals surface area contributed by atoms with Crippen LogP contribution in [0.1, 0.15) is 42.2 Å². The van der Waals surface area contributed by atoms with Gasteiger partial charge in [0.15, 0.2) is 0 Å². The second-order valence-corrected chi connectivity index (χ2v) is 8.07. The number of hydrogen-bond donors (Lipinski definition) is 3. The maximum atomic E-state index is 12.6. The first-order chi connectivity index (χ1) is 16.8. The molecule has 3 aromatic rings. The molecule has 0 aliphatic heterocycles. The molecule has 0 radical (unpaired) electrons. The largest absolute Gasteiger partial charge is 0.352 e. The van der Waals surface area contributed by atoms with Crippen LogP contribution in [0.4, 0.5) is 5.69 Å². The van der Waals surface area contributed by atoms with E-state index < -0.39 is 6.04 Å². The van der Waals surface area contributed by atoms with E-state index in [1.807, 2.05) is 31.2 Å². The molecule has 1 heterocycles. The Kier molecular flexibility index (Phi) is 8.50. The van der Waals surface area contributed by atoms with Crippen LogP contribution in [0.5, 0.6) is 0 Å². The molecule has 1 unspecified atom stereocenters. The van der Waals surface area contributed by atoms with E-state index in [1.54, 1.807) is 44.2 Å². The number of anilines is 1. The van der Waals surface area contributed by atoms with Gasteiger partial charge in [-0.3, -0.25) is 19.2 Å². The summed E-state index contributed by atoms with van der Waals surface area (Å²) in [6.45, 7) is 5.73. The summed E-state index contributed by atoms with van der Waals surface area (Å²) in [4.78, 5) is 48.7. The van der Waals surface area contributed by atoms with E-state index in [0.717, 1.165) is 15.8 Å². The minimum absolute atomic E-state index is 0.105. The highest BCUT2D eigenvalue weighted by atomic mass is 16.2. The molecule has 3 rings (SSSR count). The standard InChI is InChI=1S/C26H29N5O4/c1-4-23(32)29-21-11-9-20(10-12-21)26(35)28-16-15-27-25(34)18(3)31-24(33)14-13-22(30-31)19-7-5-17(2)6-8-19/h5-14,18H,4,15-16H2,1-3H3,(H,27,34)(H,28,35)(H,29,32). The van der Waals surface area contributed by atoms with Gasteiger partial charge in [0.05, 0.1) is 5.69 Å². The van der Waals surface area contributed by atoms with Gasteiger partial charge in [0.2, 0.25) is 11.8 Å². The Hall–Kier alpha value is -4.27. The predicted molar refractivity (Wildman–Crippen MR) is 134 cm³/mol. The molecule has 3 amide bonds. The number of aromatic nitrogens is 2. The zero-order valence-corrected chi connectivity index (χ0v) is 20.0. The van der Waals surface area contributed by atoms with Gasteiger partial charge in [-0.2, -0.15) is 5.10 Å². The third kappa shape index (κ3) is 6.86. The molecule has 182 valence electrons. The summed E-state index contributed by atoms with van der Waals surface area (Å²) in [5, 5.41) is 12.5. The second-order valence-electron chi connectivity index (χ2n) is 8.07. The van der Waals surface area contributed by atoms with Crippen LogP contribution in [-0.4, -0.2) is 40.6 Å². The second kappa shape index (κ2) is 11.7. The number of carbonyl (C=O) groups is 3. The third-order valence-corrected chi connectivity index (χ3v) is 5.38. The minimum atomic E-state index is -0.825. The third-order valence-electron chi connectivity index (χ3n) is 5.38. The molecule has 1 atom stereocenters. The van der Waals surface area contributed by atoms with Crippen LogP contribution < -0.4 is 21.5 Å². The molecule has 0 aliphatic carbocycles. The predicted octanol–water partition coefficient (Wildman–Crippen LogP) is 2.67. The van der Waals surface area contributed by atoms with Crippen molar-refractivity contribution >= 4 is 23.4 Å². The van der Waals surface area contributed by atoms with Crippen molar-refractivity contribution in [2.75, 3.05) is 18.4 Å². The Labute approximate surface area is 203 Å². The first-order valence-corrected chi connectivity index (χ1v) is 11.4. The summed E-state index contributed by atoms with van der Waals surface area (Å²) in [5.74, 6) is -0.790. The summed E-state index contributed by atoms with van der Waals surface area (Å²) >= 11 is 0. The summed E-state index contributed by atoms with van der Waals surface area (Å²) in [7, 11) is 0. The van der Waals surface area contributed by atoms with E-state index in [2.05, 4.69) is 21.0 Å². The highest BCUT2D eigenvalue weighted by Crippen LogP contribution is 2.16. The van der Waals surface area contributed by atoms with Crippen LogP contribution in [0, 0.1) is 6.92 Å². The molecule has 9 nitrogen and oxygen atoms in total. The van der Waals surface area contributed by atoms with Gasteiger partial charge >= 0.3 is 0 Å². The number of carbonyl (C=O) groups excluding carboxylic acids is 3. The van der Waals surface area contributed by atoms with E-state index in [1.165, 1.54) is 6.07 Å². The quantitative estimate of drug-likeness (QED) is 0.411. The van der Waals surface area contributed by atoms with E-state index in [-0.39, 0.29) is 36.4 Å². The molecular formula is C26H29N5O4. The number of nitrogens with one attached hydrogen (secondary N) is 3. The highest BCUT2D eigenvalue weighted by Gasteiger charge is 2.18. The fraction of sp³-hybridized carbons (Fsp3) is 0.269. The van der Waals surface area contributed by atoms with E-state index in [9.17, 15) is 19.2 Å². The molecular weight excluding hydrogens is 446 g/mol. The van der Waals surface area contributed by atoms with Crippen LogP contribution >= 0.6 is 0 Å². The lowest BCUT2D eigenvalue weighted by Crippen LogP contribution is -2.40. The van der Waals surface area contributed by atoms with Crippen molar-refractivity contribution in [2.45, 2.75) is 33.2 Å². The molecule has 35 heavy (non-hydrogen) atoms. The van der Waals surface area contributed by atoms with E-state index >= 15 is 0 Å². The lowest BCUT2D eigenvalue weighted by atomic mass is 10.1. The average molecular weight is 476 g/mol. The fourth-order valence-electron chi connectivity index (χ4n) is 3.26. The maximum absolute atomic E-state index is 12.6. The van der Waals surface area contributed by atoms with Crippen molar-refractivity contribution in [1.29, 1.82) is 0 Å². The SMILES string of the molecule is CCC(=O)Nc1ccc(C(=O)NCCNC(=O)C(C)n2nc(-c3ccc(C)cc3)ccc2=O)cc1. The van der Waals surface area contributed by atoms with Crippen LogP contribution in [0.3, 0.4) is 0 Å². The molecule has 0 spiro atoms. The molecule has 0 fully saturated rings. The van der Waals surface area contributed by atoms with Crippen molar-refractivity contribution in [2.24, 2.45) is 0 Å². The summed E-state index contributed by atoms with van der Waals surface area (Å²) in [6, 6.07) is 16.5. The Morgan fingerprint density at radius 2 is 1.57 bits per heavy atom. The first-order valence-electron chi connectivity index (χ1n) is 11.4. The van der Waals surface area contributed by atoms with Crippen LogP contribution in [0.25, 0.3) is 11.3 Å². The lowest BCUT2D eigenvalue weighted by Gasteiger charge is -2.15. The lowest BCUT2D eigenvalue weighted by molar-refractivity contribution is -0.124. The van der Waals surface area contributed by atoms with Gasteiger partial charge in [0, 0.05) is 42.4 Å². The number of amides is 3. The van der Waals surface area contributed by atoms with Crippen molar-refractivity contribution < 1.29 is 14.4 Å². The van der Waals surface area contributed by atoms with Gasteiger partial charge < -0.3 is 16.0 Å². The molecule has 2 aromatic carbocycles. The van der Waals surface area contributed by atoms with Crippen molar-refractivity contribution in [1.82, 2.24) is 20.4 Å². The van der Waals surface area contributed by atoms with Crippen LogP contribution in [0.2, 0.25) is 0 Å². The molecule has 0 saturated heterocycles. The Balaban J connectivity index is 1.52. The van der Waals surface area contributed by atoms with Crippen LogP contribution in [-0.2, 0) is 9.59 Å². The minimum Gasteiger partial charge on any atom is -0.352 e. The smallest absolute Gasteiger partial charge is 0.267 e. The van der Waals surface area contributed by atoms with Crippen molar-refractivity contribution in [3.8, 4) is 11.3 Å². The van der Waals surface area contributed by atoms with Crippen LogP contribution in [0.15, 0.2) is 65.5 Å². The van der Waals surface area contributed by atoms with Gasteiger partial charge in [-0.05, 0) is 44.2 Å². The highest BCUT2D eigenvalue weighted by molar-refractivity contribution is 5.95. The zero-order valence-electron chi connectivity index (χ0n) is 20.0. The Morgan fingerprint density at radius 1 is 0.914 bits per heavy atom. The number of benzene rings is 2. The molecule has 9 heteroatoms. The van der Waals surface area contributed by atoms with Gasteiger partial charge in [0.1, 0.15) is 6.04 Å². The first kappa shape index (κ1) is 25.4. The van der Waals surface area contributed by atoms with Gasteiger partial charge in [-0.15, -0.1) is 0 Å². The summed E-state index contributed by atoms with van der Waals surface area (Å²) in [5.41, 5.74) is 3.22. The summed E-state index contributed by atoms with van der Waals surface area (Å²) in [6.07, 6.45) is 0.370. The fourth-order valence-corrected chi connectivity index (χ4v) is 3.26. The molecule has 0 aliphatic rings. The zero-order chi connectivity index (χ0) is 25.4. The summed E-state index contributed by atoms with van der Waals surface area (Å²) < 4.78 is 1.15. The van der Waals surface area contributed by atoms with E-state index in [0.29, 0.717) is 23.4 Å². The molecule has 1 aromatic heterocycles. The Bertz CT molecular complexity index is 1250. The van der Waals surface area contributed by atoms with Gasteiger partial charge in [-0.1, -0.05) is 36.8 Å². The normalized spacial score (nSPS) is 11.4. The topological polar surface area (TPSA) is 122 Å². The number of aryl methyl sites for hydroxylation is 1. The number of nitrogens with zero attached hydrogens (tertiary/aromatic N) is 2. The average Bonchev–Trinajstić information content (AvgIpc) is 2.87. The molecule has 3 N–H and O–H groups in total. The monoisotopic (exact) mass is 475 g/mol. The Morgan fingerprint density at radius 3 is 2.23 bits per heavy atom. The molecule has 0 saturated carbocycles. The molecule has 0 bridgehead atoms. The van der Waals surface area contributed by atoms with Gasteiger partial charge in [-0.25, -0.2) is 4.68 Å². The van der Waals surface area contributed by atoms with Gasteiger partial charge in [0.25, 0.3) is 11.5 Å². The van der Waals surface area contributed by atoms with Crippen molar-refractivity contribution in [3.63, 3.8) is 0 Å². The van der Waals surface area contributed by atoms with E-state index in [4.69, 9.17) is 0 Å². The maximum Gasteiger partial charge on any atom is 0.267 e. The number of rotatable bonds is 9. The number of hydrogen-bond acceptors (Lipinski definition) is 5. The van der Waals surface area contributed by atoms with Crippen molar-refractivity contribution in [3.05, 3.63) is 82.1 Å².